The summed E-state index contributed by atoms with van der Waals surface area (Å²) in [6.07, 6.45) is -0.846. The molecular weight excluding hydrogens is 440 g/mol. The van der Waals surface area contributed by atoms with E-state index in [9.17, 15) is 10.2 Å². The van der Waals surface area contributed by atoms with E-state index in [1.165, 1.54) is 0 Å². The van der Waals surface area contributed by atoms with Crippen molar-refractivity contribution >= 4 is 0 Å². The molecule has 2 fully saturated rings. The minimum atomic E-state index is -1.04. The number of aliphatic hydroxyl groups excluding tert-OH is 2. The molecule has 0 aliphatic heterocycles. The Morgan fingerprint density at radius 1 is 0.912 bits per heavy atom. The number of ether oxygens (including phenoxy) is 6. The molecule has 0 amide bonds. The fourth-order valence-electron chi connectivity index (χ4n) is 6.86. The molecule has 196 valence electrons. The molecule has 0 spiro atoms. The maximum absolute atomic E-state index is 11.7. The van der Waals surface area contributed by atoms with E-state index < -0.39 is 23.0 Å². The molecule has 0 heterocycles. The minimum absolute atomic E-state index is 0.0346. The third kappa shape index (κ3) is 4.76. The van der Waals surface area contributed by atoms with Gasteiger partial charge in [0, 0.05) is 32.7 Å². The van der Waals surface area contributed by atoms with Gasteiger partial charge in [0.1, 0.15) is 26.5 Å². The van der Waals surface area contributed by atoms with E-state index in [0.717, 1.165) is 16.7 Å². The Morgan fingerprint density at radius 2 is 1.47 bits per heavy atom. The van der Waals surface area contributed by atoms with Crippen molar-refractivity contribution in [2.45, 2.75) is 77.5 Å². The summed E-state index contributed by atoms with van der Waals surface area (Å²) in [4.78, 5) is 0. The lowest BCUT2D eigenvalue weighted by molar-refractivity contribution is -0.201. The summed E-state index contributed by atoms with van der Waals surface area (Å²) < 4.78 is 34.1. The van der Waals surface area contributed by atoms with Gasteiger partial charge in [-0.3, -0.25) is 0 Å². The molecule has 0 aromatic rings. The molecule has 0 saturated heterocycles. The highest BCUT2D eigenvalue weighted by atomic mass is 16.7. The van der Waals surface area contributed by atoms with Crippen molar-refractivity contribution in [2.24, 2.45) is 22.7 Å². The highest BCUT2D eigenvalue weighted by molar-refractivity contribution is 5.36. The Morgan fingerprint density at radius 3 is 2.06 bits per heavy atom. The zero-order valence-corrected chi connectivity index (χ0v) is 21.8. The van der Waals surface area contributed by atoms with Crippen molar-refractivity contribution in [3.8, 4) is 0 Å². The molecule has 0 aromatic heterocycles. The van der Waals surface area contributed by atoms with Crippen LogP contribution in [0.1, 0.15) is 47.0 Å². The lowest BCUT2D eigenvalue weighted by Gasteiger charge is -2.60. The largest absolute Gasteiger partial charge is 0.389 e. The minimum Gasteiger partial charge on any atom is -0.389 e. The predicted molar refractivity (Wildman–Crippen MR) is 127 cm³/mol. The van der Waals surface area contributed by atoms with E-state index in [2.05, 4.69) is 20.4 Å². The van der Waals surface area contributed by atoms with Crippen molar-refractivity contribution in [2.75, 3.05) is 41.7 Å². The fraction of sp³-hybridized carbons (Fsp3) is 0.846. The highest BCUT2D eigenvalue weighted by Crippen LogP contribution is 2.60. The van der Waals surface area contributed by atoms with Crippen LogP contribution < -0.4 is 0 Å². The lowest BCUT2D eigenvalue weighted by Crippen LogP contribution is -2.62. The molecule has 3 aliphatic carbocycles. The monoisotopic (exact) mass is 484 g/mol. The number of methoxy groups -OCH3 is 3. The van der Waals surface area contributed by atoms with E-state index >= 15 is 0 Å². The quantitative estimate of drug-likeness (QED) is 0.381. The maximum Gasteiger partial charge on any atom is 0.147 e. The summed E-state index contributed by atoms with van der Waals surface area (Å²) in [6.45, 7) is 13.1. The van der Waals surface area contributed by atoms with Gasteiger partial charge < -0.3 is 38.6 Å². The zero-order chi connectivity index (χ0) is 25.3. The van der Waals surface area contributed by atoms with Gasteiger partial charge in [-0.25, -0.2) is 0 Å². The molecule has 2 bridgehead atoms. The van der Waals surface area contributed by atoms with Crippen LogP contribution in [0, 0.1) is 22.7 Å². The van der Waals surface area contributed by atoms with Gasteiger partial charge in [-0.15, -0.1) is 0 Å². The van der Waals surface area contributed by atoms with Gasteiger partial charge in [0.25, 0.3) is 0 Å². The van der Waals surface area contributed by atoms with Crippen LogP contribution in [0.5, 0.6) is 0 Å². The summed E-state index contributed by atoms with van der Waals surface area (Å²) in [6, 6.07) is 0. The molecule has 34 heavy (non-hydrogen) atoms. The third-order valence-electron chi connectivity index (χ3n) is 8.61. The first kappa shape index (κ1) is 27.7. The van der Waals surface area contributed by atoms with Crippen molar-refractivity contribution in [3.05, 3.63) is 23.3 Å². The first-order chi connectivity index (χ1) is 16.1. The van der Waals surface area contributed by atoms with Crippen LogP contribution in [-0.2, 0) is 28.4 Å². The second-order valence-electron chi connectivity index (χ2n) is 10.8. The summed E-state index contributed by atoms with van der Waals surface area (Å²) in [7, 11) is 4.79. The second-order valence-corrected chi connectivity index (χ2v) is 10.8. The average Bonchev–Trinajstić information content (AvgIpc) is 2.79. The number of hydrogen-bond acceptors (Lipinski definition) is 8. The van der Waals surface area contributed by atoms with Gasteiger partial charge in [-0.05, 0) is 54.2 Å². The number of aliphatic hydroxyl groups is 2. The van der Waals surface area contributed by atoms with E-state index in [1.54, 1.807) is 21.3 Å². The predicted octanol–water partition coefficient (Wildman–Crippen LogP) is 3.02. The maximum atomic E-state index is 11.7. The first-order valence-corrected chi connectivity index (χ1v) is 12.1. The SMILES string of the molecule is C=C1[C@@H](OCOC)CC[C@@]2(C)[C@@H](O)[C@H](O)C3=C(C)[C@@H](OCOC)C[C@@H]([C@@H](OCOC)[C@H]12)C3(C)C. The summed E-state index contributed by atoms with van der Waals surface area (Å²) >= 11 is 0. The van der Waals surface area contributed by atoms with Crippen LogP contribution in [0.2, 0.25) is 0 Å². The van der Waals surface area contributed by atoms with Crippen LogP contribution in [0.25, 0.3) is 0 Å². The Balaban J connectivity index is 2.16. The Bertz CT molecular complexity index is 749. The van der Waals surface area contributed by atoms with Crippen LogP contribution in [0.15, 0.2) is 23.3 Å². The van der Waals surface area contributed by atoms with E-state index in [1.807, 2.05) is 13.8 Å². The third-order valence-corrected chi connectivity index (χ3v) is 8.61. The molecule has 8 heteroatoms. The fourth-order valence-corrected chi connectivity index (χ4v) is 6.86. The Labute approximate surface area is 204 Å². The Hall–Kier alpha value is -0.840. The summed E-state index contributed by atoms with van der Waals surface area (Å²) in [5.74, 6) is -0.303. The molecule has 2 N–H and O–H groups in total. The highest BCUT2D eigenvalue weighted by Gasteiger charge is 2.61. The van der Waals surface area contributed by atoms with E-state index in [0.29, 0.717) is 19.3 Å². The number of fused-ring (bicyclic) bond motifs is 3. The van der Waals surface area contributed by atoms with Gasteiger partial charge >= 0.3 is 0 Å². The van der Waals surface area contributed by atoms with Gasteiger partial charge in [0.05, 0.1) is 24.4 Å². The normalized spacial score (nSPS) is 40.0. The standard InChI is InChI=1S/C26H44O8/c1-15-18(32-12-29-6)9-10-26(5)21(15)23(34-14-31-8)17-11-19(33-13-30-7)16(2)20(25(17,3)4)22(27)24(26)28/h17-19,21-24,27-28H,1,9-14H2,2-8H3/t17-,18-,19-,21-,22+,23+,24-,26+/m0/s1. The van der Waals surface area contributed by atoms with E-state index in [4.69, 9.17) is 28.4 Å². The summed E-state index contributed by atoms with van der Waals surface area (Å²) in [5, 5.41) is 23.4. The van der Waals surface area contributed by atoms with Crippen LogP contribution in [-0.4, -0.2) is 82.4 Å². The molecule has 0 aromatic carbocycles. The summed E-state index contributed by atoms with van der Waals surface area (Å²) in [5.41, 5.74) is 1.51. The van der Waals surface area contributed by atoms with Crippen LogP contribution in [0.4, 0.5) is 0 Å². The lowest BCUT2D eigenvalue weighted by atomic mass is 9.49. The first-order valence-electron chi connectivity index (χ1n) is 12.1. The van der Waals surface area contributed by atoms with Gasteiger partial charge in [0.2, 0.25) is 0 Å². The van der Waals surface area contributed by atoms with Crippen LogP contribution in [0.3, 0.4) is 0 Å². The number of hydrogen-bond donors (Lipinski definition) is 2. The van der Waals surface area contributed by atoms with Crippen molar-refractivity contribution in [3.63, 3.8) is 0 Å². The molecule has 0 radical (unpaired) electrons. The van der Waals surface area contributed by atoms with E-state index in [-0.39, 0.29) is 50.5 Å². The second kappa shape index (κ2) is 11.0. The zero-order valence-electron chi connectivity index (χ0n) is 21.8. The average molecular weight is 485 g/mol. The molecule has 3 rings (SSSR count). The van der Waals surface area contributed by atoms with Crippen molar-refractivity contribution in [1.29, 1.82) is 0 Å². The van der Waals surface area contributed by atoms with Gasteiger partial charge in [0.15, 0.2) is 0 Å². The Kier molecular flexibility index (Phi) is 9.02. The van der Waals surface area contributed by atoms with Crippen molar-refractivity contribution in [1.82, 2.24) is 0 Å². The molecule has 3 aliphatic rings. The van der Waals surface area contributed by atoms with Crippen LogP contribution >= 0.6 is 0 Å². The molecule has 8 nitrogen and oxygen atoms in total. The molecular formula is C26H44O8. The molecule has 8 atom stereocenters. The molecule has 0 unspecified atom stereocenters. The molecule has 2 saturated carbocycles. The topological polar surface area (TPSA) is 95.8 Å². The van der Waals surface area contributed by atoms with Gasteiger partial charge in [-0.2, -0.15) is 0 Å². The van der Waals surface area contributed by atoms with Gasteiger partial charge in [-0.1, -0.05) is 27.4 Å². The smallest absolute Gasteiger partial charge is 0.147 e. The number of rotatable bonds is 9. The van der Waals surface area contributed by atoms with Crippen molar-refractivity contribution < 1.29 is 38.6 Å².